The van der Waals surface area contributed by atoms with Crippen LogP contribution >= 0.6 is 23.3 Å². The van der Waals surface area contributed by atoms with Gasteiger partial charge in [0.15, 0.2) is 5.01 Å². The molecule has 3 aromatic rings. The van der Waals surface area contributed by atoms with Crippen molar-refractivity contribution in [1.82, 2.24) is 29.6 Å². The molecule has 2 aliphatic rings. The van der Waals surface area contributed by atoms with Crippen LogP contribution in [0, 0.1) is 11.3 Å². The first-order valence-electron chi connectivity index (χ1n) is 9.90. The minimum Gasteiger partial charge on any atom is -0.368 e. The predicted octanol–water partition coefficient (Wildman–Crippen LogP) is 3.22. The Labute approximate surface area is 186 Å². The summed E-state index contributed by atoms with van der Waals surface area (Å²) in [5, 5.41) is 22.3. The summed E-state index contributed by atoms with van der Waals surface area (Å²) in [6, 6.07) is 6.40. The van der Waals surface area contributed by atoms with E-state index >= 15 is 0 Å². The predicted molar refractivity (Wildman–Crippen MR) is 116 cm³/mol. The number of fused-ring (bicyclic) bond motifs is 1. The molecule has 0 bridgehead atoms. The van der Waals surface area contributed by atoms with E-state index in [0.29, 0.717) is 5.13 Å². The van der Waals surface area contributed by atoms with Crippen LogP contribution in [0.5, 0.6) is 0 Å². The number of halogens is 2. The number of hydrogen-bond donors (Lipinski definition) is 1. The number of nitrogens with zero attached hydrogens (tertiary/aromatic N) is 7. The molecule has 0 atom stereocenters. The summed E-state index contributed by atoms with van der Waals surface area (Å²) in [5.41, 5.74) is 1.36. The van der Waals surface area contributed by atoms with E-state index in [4.69, 9.17) is 0 Å². The van der Waals surface area contributed by atoms with Gasteiger partial charge < -0.3 is 9.80 Å². The van der Waals surface area contributed by atoms with Crippen molar-refractivity contribution < 1.29 is 8.78 Å². The SMILES string of the molecule is CN1CCN(c2cc(SNC3(C#N)CC3)cc3c2cnn3-c2nnc(C(F)F)s2)CC1. The molecule has 2 fully saturated rings. The van der Waals surface area contributed by atoms with Crippen LogP contribution in [0.4, 0.5) is 14.5 Å². The van der Waals surface area contributed by atoms with Gasteiger partial charge in [-0.15, -0.1) is 10.2 Å². The van der Waals surface area contributed by atoms with E-state index in [9.17, 15) is 14.0 Å². The maximum Gasteiger partial charge on any atom is 0.291 e. The molecule has 1 aromatic carbocycles. The van der Waals surface area contributed by atoms with Gasteiger partial charge in [0, 0.05) is 42.1 Å². The van der Waals surface area contributed by atoms with Crippen LogP contribution in [0.15, 0.2) is 23.2 Å². The first kappa shape index (κ1) is 20.6. The lowest BCUT2D eigenvalue weighted by Crippen LogP contribution is -2.44. The van der Waals surface area contributed by atoms with E-state index in [-0.39, 0.29) is 5.01 Å². The normalized spacial score (nSPS) is 18.6. The molecular weight excluding hydrogens is 442 g/mol. The Kier molecular flexibility index (Phi) is 5.29. The third-order valence-electron chi connectivity index (χ3n) is 5.61. The Hall–Kier alpha value is -2.33. The molecule has 3 heterocycles. The zero-order valence-corrected chi connectivity index (χ0v) is 18.4. The van der Waals surface area contributed by atoms with Crippen molar-refractivity contribution in [2.45, 2.75) is 29.7 Å². The first-order valence-corrected chi connectivity index (χ1v) is 11.5. The maximum absolute atomic E-state index is 13.0. The lowest BCUT2D eigenvalue weighted by atomic mass is 10.2. The van der Waals surface area contributed by atoms with E-state index in [1.807, 2.05) is 6.07 Å². The average molecular weight is 463 g/mol. The minimum atomic E-state index is -2.66. The molecule has 5 rings (SSSR count). The lowest BCUT2D eigenvalue weighted by Gasteiger charge is -2.34. The summed E-state index contributed by atoms with van der Waals surface area (Å²) in [5.74, 6) is 0. The molecule has 2 aromatic heterocycles. The molecule has 1 saturated carbocycles. The van der Waals surface area contributed by atoms with E-state index in [1.54, 1.807) is 10.9 Å². The molecule has 0 spiro atoms. The first-order chi connectivity index (χ1) is 15.0. The van der Waals surface area contributed by atoms with Crippen molar-refractivity contribution in [2.75, 3.05) is 38.1 Å². The van der Waals surface area contributed by atoms with Crippen LogP contribution in [-0.4, -0.2) is 63.6 Å². The molecule has 1 saturated heterocycles. The van der Waals surface area contributed by atoms with E-state index in [2.05, 4.69) is 49.0 Å². The molecule has 0 unspecified atom stereocenters. The monoisotopic (exact) mass is 462 g/mol. The number of nitriles is 1. The number of likely N-dealkylation sites (N-methyl/N-ethyl adjacent to an activating group) is 1. The maximum atomic E-state index is 13.0. The van der Waals surface area contributed by atoms with Crippen LogP contribution in [0.2, 0.25) is 0 Å². The Morgan fingerprint density at radius 3 is 2.65 bits per heavy atom. The largest absolute Gasteiger partial charge is 0.368 e. The molecule has 1 N–H and O–H groups in total. The summed E-state index contributed by atoms with van der Waals surface area (Å²) < 4.78 is 30.9. The van der Waals surface area contributed by atoms with Gasteiger partial charge in [-0.05, 0) is 44.0 Å². The van der Waals surface area contributed by atoms with Crippen LogP contribution in [0.3, 0.4) is 0 Å². The summed E-state index contributed by atoms with van der Waals surface area (Å²) in [4.78, 5) is 5.54. The van der Waals surface area contributed by atoms with Crippen LogP contribution in [0.25, 0.3) is 16.0 Å². The van der Waals surface area contributed by atoms with E-state index in [1.165, 1.54) is 11.9 Å². The van der Waals surface area contributed by atoms with Gasteiger partial charge in [0.2, 0.25) is 5.13 Å². The molecule has 0 amide bonds. The number of anilines is 1. The Morgan fingerprint density at radius 2 is 2.00 bits per heavy atom. The number of piperazine rings is 1. The van der Waals surface area contributed by atoms with Crippen molar-refractivity contribution in [1.29, 1.82) is 5.26 Å². The summed E-state index contributed by atoms with van der Waals surface area (Å²) in [6.07, 6.45) is 0.767. The molecule has 1 aliphatic carbocycles. The van der Waals surface area contributed by atoms with Crippen molar-refractivity contribution in [3.8, 4) is 11.2 Å². The van der Waals surface area contributed by atoms with Crippen molar-refractivity contribution in [3.63, 3.8) is 0 Å². The van der Waals surface area contributed by atoms with Crippen molar-refractivity contribution >= 4 is 39.9 Å². The molecule has 1 aliphatic heterocycles. The van der Waals surface area contributed by atoms with Gasteiger partial charge in [-0.3, -0.25) is 0 Å². The highest BCUT2D eigenvalue weighted by atomic mass is 32.2. The van der Waals surface area contributed by atoms with Crippen LogP contribution in [0.1, 0.15) is 24.3 Å². The summed E-state index contributed by atoms with van der Waals surface area (Å²) in [7, 11) is 2.11. The zero-order valence-electron chi connectivity index (χ0n) is 16.8. The van der Waals surface area contributed by atoms with Gasteiger partial charge in [0.05, 0.1) is 17.8 Å². The van der Waals surface area contributed by atoms with Gasteiger partial charge in [-0.25, -0.2) is 18.2 Å². The molecule has 8 nitrogen and oxygen atoms in total. The van der Waals surface area contributed by atoms with Crippen molar-refractivity contribution in [3.05, 3.63) is 23.3 Å². The van der Waals surface area contributed by atoms with Gasteiger partial charge in [-0.2, -0.15) is 10.4 Å². The fourth-order valence-electron chi connectivity index (χ4n) is 3.52. The fourth-order valence-corrected chi connectivity index (χ4v) is 5.10. The lowest BCUT2D eigenvalue weighted by molar-refractivity contribution is 0.150. The van der Waals surface area contributed by atoms with Crippen LogP contribution in [-0.2, 0) is 0 Å². The van der Waals surface area contributed by atoms with Gasteiger partial charge in [0.1, 0.15) is 5.54 Å². The molecule has 162 valence electrons. The third-order valence-corrected chi connectivity index (χ3v) is 7.48. The average Bonchev–Trinajstić information content (AvgIpc) is 3.17. The van der Waals surface area contributed by atoms with Crippen molar-refractivity contribution in [2.24, 2.45) is 0 Å². The topological polar surface area (TPSA) is 85.9 Å². The summed E-state index contributed by atoms with van der Waals surface area (Å²) >= 11 is 2.26. The number of rotatable bonds is 6. The highest BCUT2D eigenvalue weighted by Gasteiger charge is 2.43. The second kappa shape index (κ2) is 7.98. The van der Waals surface area contributed by atoms with Gasteiger partial charge in [0.25, 0.3) is 6.43 Å². The third kappa shape index (κ3) is 3.98. The molecule has 12 heteroatoms. The van der Waals surface area contributed by atoms with E-state index in [0.717, 1.165) is 71.8 Å². The van der Waals surface area contributed by atoms with Gasteiger partial charge >= 0.3 is 0 Å². The highest BCUT2D eigenvalue weighted by molar-refractivity contribution is 7.97. The number of aromatic nitrogens is 4. The standard InChI is InChI=1S/C19H20F2N8S2/c1-27-4-6-28(7-5-27)14-8-12(31-26-19(11-22)2-3-19)9-15-13(14)10-23-29(15)18-25-24-17(30-18)16(20)21/h8-10,16,26H,2-7H2,1H3. The fraction of sp³-hybridized carbons (Fsp3) is 0.474. The van der Waals surface area contributed by atoms with Gasteiger partial charge in [-0.1, -0.05) is 11.3 Å². The Bertz CT molecular complexity index is 1140. The minimum absolute atomic E-state index is 0.306. The number of alkyl halides is 2. The smallest absolute Gasteiger partial charge is 0.291 e. The highest BCUT2D eigenvalue weighted by Crippen LogP contribution is 2.40. The summed E-state index contributed by atoms with van der Waals surface area (Å²) in [6.45, 7) is 3.68. The number of hydrogen-bond acceptors (Lipinski definition) is 9. The zero-order chi connectivity index (χ0) is 21.6. The quantitative estimate of drug-likeness (QED) is 0.559. The second-order valence-electron chi connectivity index (χ2n) is 7.84. The molecular formula is C19H20F2N8S2. The number of benzene rings is 1. The van der Waals surface area contributed by atoms with Crippen LogP contribution < -0.4 is 9.62 Å². The Morgan fingerprint density at radius 1 is 1.23 bits per heavy atom. The number of nitrogens with one attached hydrogen (secondary N) is 1. The second-order valence-corrected chi connectivity index (χ2v) is 9.71. The Balaban J connectivity index is 1.55. The van der Waals surface area contributed by atoms with E-state index < -0.39 is 12.0 Å². The molecule has 31 heavy (non-hydrogen) atoms. The molecule has 0 radical (unpaired) electrons.